The van der Waals surface area contributed by atoms with Gasteiger partial charge in [-0.1, -0.05) is 0 Å². The monoisotopic (exact) mass is 307 g/mol. The first-order valence-corrected chi connectivity index (χ1v) is 7.33. The number of carbonyl (C=O) groups is 1. The summed E-state index contributed by atoms with van der Waals surface area (Å²) in [4.78, 5) is 26.3. The zero-order valence-electron chi connectivity index (χ0n) is 12.9. The third-order valence-electron chi connectivity index (χ3n) is 3.81. The number of aliphatic hydroxyl groups is 1. The Bertz CT molecular complexity index is 566. The second kappa shape index (κ2) is 6.85. The van der Waals surface area contributed by atoms with E-state index in [1.165, 1.54) is 13.0 Å². The van der Waals surface area contributed by atoms with Crippen LogP contribution in [0.2, 0.25) is 0 Å². The van der Waals surface area contributed by atoms with E-state index in [0.717, 1.165) is 13.1 Å². The molecule has 0 aliphatic carbocycles. The number of nitrogens with zero attached hydrogens (tertiary/aromatic N) is 3. The molecule has 7 nitrogen and oxygen atoms in total. The van der Waals surface area contributed by atoms with Gasteiger partial charge in [0.05, 0.1) is 11.0 Å². The number of carbonyl (C=O) groups excluding carboxylic acids is 1. The highest BCUT2D eigenvalue weighted by Crippen LogP contribution is 2.30. The maximum Gasteiger partial charge on any atom is 0.293 e. The molecule has 0 aromatic heterocycles. The largest absolute Gasteiger partial charge is 0.392 e. The van der Waals surface area contributed by atoms with Crippen LogP contribution >= 0.6 is 0 Å². The Balaban J connectivity index is 2.16. The second-order valence-electron chi connectivity index (χ2n) is 5.65. The van der Waals surface area contributed by atoms with Gasteiger partial charge in [0.15, 0.2) is 5.78 Å². The van der Waals surface area contributed by atoms with Crippen molar-refractivity contribution in [2.75, 3.05) is 37.6 Å². The van der Waals surface area contributed by atoms with Crippen LogP contribution in [0.1, 0.15) is 24.2 Å². The molecule has 1 aliphatic rings. The number of Topliss-reactive ketones (excluding diaryl/α,β-unsaturated/α-hetero) is 1. The Kier molecular flexibility index (Phi) is 5.10. The van der Waals surface area contributed by atoms with Crippen molar-refractivity contribution < 1.29 is 14.8 Å². The number of piperazine rings is 1. The summed E-state index contributed by atoms with van der Waals surface area (Å²) < 4.78 is 0. The van der Waals surface area contributed by atoms with E-state index in [1.807, 2.05) is 4.90 Å². The standard InChI is InChI=1S/C15H21N3O4/c1-11(19)10-16-5-7-17(8-6-16)14-4-3-13(12(2)20)9-15(14)18(21)22/h3-4,9,11,19H,5-8,10H2,1-2H3/t11-/m1/s1. The van der Waals surface area contributed by atoms with Crippen molar-refractivity contribution in [3.63, 3.8) is 0 Å². The van der Waals surface area contributed by atoms with Crippen molar-refractivity contribution >= 4 is 17.2 Å². The molecular formula is C15H21N3O4. The molecule has 1 heterocycles. The second-order valence-corrected chi connectivity index (χ2v) is 5.65. The number of nitro groups is 1. The molecule has 1 aromatic carbocycles. The Morgan fingerprint density at radius 3 is 2.50 bits per heavy atom. The van der Waals surface area contributed by atoms with Gasteiger partial charge in [-0.2, -0.15) is 0 Å². The number of aliphatic hydroxyl groups excluding tert-OH is 1. The number of benzene rings is 1. The summed E-state index contributed by atoms with van der Waals surface area (Å²) in [6.45, 7) is 6.57. The van der Waals surface area contributed by atoms with Crippen LogP contribution in [0.15, 0.2) is 18.2 Å². The first kappa shape index (κ1) is 16.4. The maximum atomic E-state index is 11.4. The van der Waals surface area contributed by atoms with E-state index in [1.54, 1.807) is 19.1 Å². The SMILES string of the molecule is CC(=O)c1ccc(N2CCN(C[C@@H](C)O)CC2)c([N+](=O)[O-])c1. The molecule has 1 atom stereocenters. The Morgan fingerprint density at radius 2 is 2.00 bits per heavy atom. The predicted molar refractivity (Wildman–Crippen MR) is 83.4 cm³/mol. The van der Waals surface area contributed by atoms with Crippen LogP contribution in [-0.2, 0) is 0 Å². The lowest BCUT2D eigenvalue weighted by atomic mass is 10.1. The van der Waals surface area contributed by atoms with Gasteiger partial charge in [0.2, 0.25) is 0 Å². The minimum atomic E-state index is -0.441. The molecule has 0 radical (unpaired) electrons. The highest BCUT2D eigenvalue weighted by molar-refractivity contribution is 5.95. The van der Waals surface area contributed by atoms with Gasteiger partial charge >= 0.3 is 0 Å². The molecule has 7 heteroatoms. The summed E-state index contributed by atoms with van der Waals surface area (Å²) in [6, 6.07) is 4.63. The molecule has 120 valence electrons. The summed E-state index contributed by atoms with van der Waals surface area (Å²) in [5, 5.41) is 20.7. The number of nitro benzene ring substituents is 1. The van der Waals surface area contributed by atoms with Crippen molar-refractivity contribution in [2.45, 2.75) is 20.0 Å². The van der Waals surface area contributed by atoms with Gasteiger partial charge < -0.3 is 10.0 Å². The average Bonchev–Trinajstić information content (AvgIpc) is 2.46. The van der Waals surface area contributed by atoms with Crippen molar-refractivity contribution in [2.24, 2.45) is 0 Å². The molecule has 1 aromatic rings. The Hall–Kier alpha value is -1.99. The number of β-amino-alcohol motifs (C(OH)–C–C–N with tert-alkyl or cyclic N) is 1. The van der Waals surface area contributed by atoms with E-state index >= 15 is 0 Å². The molecule has 2 rings (SSSR count). The van der Waals surface area contributed by atoms with Crippen LogP contribution in [0, 0.1) is 10.1 Å². The maximum absolute atomic E-state index is 11.4. The van der Waals surface area contributed by atoms with Gasteiger partial charge in [-0.15, -0.1) is 0 Å². The van der Waals surface area contributed by atoms with Crippen LogP contribution in [0.4, 0.5) is 11.4 Å². The lowest BCUT2D eigenvalue weighted by Gasteiger charge is -2.36. The molecule has 22 heavy (non-hydrogen) atoms. The summed E-state index contributed by atoms with van der Waals surface area (Å²) in [5.41, 5.74) is 0.867. The summed E-state index contributed by atoms with van der Waals surface area (Å²) in [5.74, 6) is -0.184. The van der Waals surface area contributed by atoms with Crippen molar-refractivity contribution in [3.8, 4) is 0 Å². The summed E-state index contributed by atoms with van der Waals surface area (Å²) in [7, 11) is 0. The van der Waals surface area contributed by atoms with Gasteiger partial charge in [0, 0.05) is 44.4 Å². The molecule has 0 amide bonds. The third kappa shape index (κ3) is 3.80. The Morgan fingerprint density at radius 1 is 1.36 bits per heavy atom. The van der Waals surface area contributed by atoms with Gasteiger partial charge in [-0.05, 0) is 26.0 Å². The van der Waals surface area contributed by atoms with E-state index in [0.29, 0.717) is 30.9 Å². The van der Waals surface area contributed by atoms with E-state index < -0.39 is 4.92 Å². The molecule has 1 N–H and O–H groups in total. The zero-order chi connectivity index (χ0) is 16.3. The van der Waals surface area contributed by atoms with Gasteiger partial charge in [-0.25, -0.2) is 0 Å². The lowest BCUT2D eigenvalue weighted by Crippen LogP contribution is -2.48. The van der Waals surface area contributed by atoms with Crippen LogP contribution in [0.3, 0.4) is 0 Å². The fraction of sp³-hybridized carbons (Fsp3) is 0.533. The van der Waals surface area contributed by atoms with Crippen LogP contribution in [0.25, 0.3) is 0 Å². The minimum absolute atomic E-state index is 0.0309. The van der Waals surface area contributed by atoms with E-state index in [9.17, 15) is 20.0 Å². The van der Waals surface area contributed by atoms with Gasteiger partial charge in [-0.3, -0.25) is 19.8 Å². The molecule has 0 bridgehead atoms. The van der Waals surface area contributed by atoms with E-state index in [2.05, 4.69) is 4.90 Å². The average molecular weight is 307 g/mol. The highest BCUT2D eigenvalue weighted by atomic mass is 16.6. The number of rotatable bonds is 5. The predicted octanol–water partition coefficient (Wildman–Crippen LogP) is 1.30. The van der Waals surface area contributed by atoms with E-state index in [4.69, 9.17) is 0 Å². The zero-order valence-corrected chi connectivity index (χ0v) is 12.9. The molecule has 0 unspecified atom stereocenters. The van der Waals surface area contributed by atoms with Crippen LogP contribution in [0.5, 0.6) is 0 Å². The number of hydrogen-bond acceptors (Lipinski definition) is 6. The normalized spacial score (nSPS) is 17.3. The van der Waals surface area contributed by atoms with Crippen LogP contribution < -0.4 is 4.90 Å². The molecule has 0 saturated carbocycles. The van der Waals surface area contributed by atoms with Crippen molar-refractivity contribution in [3.05, 3.63) is 33.9 Å². The first-order valence-electron chi connectivity index (χ1n) is 7.33. The fourth-order valence-electron chi connectivity index (χ4n) is 2.70. The van der Waals surface area contributed by atoms with Gasteiger partial charge in [0.25, 0.3) is 5.69 Å². The molecule has 1 saturated heterocycles. The fourth-order valence-corrected chi connectivity index (χ4v) is 2.70. The first-order chi connectivity index (χ1) is 10.4. The van der Waals surface area contributed by atoms with E-state index in [-0.39, 0.29) is 17.6 Å². The quantitative estimate of drug-likeness (QED) is 0.501. The number of hydrogen-bond donors (Lipinski definition) is 1. The minimum Gasteiger partial charge on any atom is -0.392 e. The van der Waals surface area contributed by atoms with Crippen molar-refractivity contribution in [1.82, 2.24) is 4.90 Å². The Labute approximate surface area is 129 Å². The third-order valence-corrected chi connectivity index (χ3v) is 3.81. The van der Waals surface area contributed by atoms with Crippen molar-refractivity contribution in [1.29, 1.82) is 0 Å². The number of anilines is 1. The van der Waals surface area contributed by atoms with Gasteiger partial charge in [0.1, 0.15) is 5.69 Å². The van der Waals surface area contributed by atoms with Crippen LogP contribution in [-0.4, -0.2) is 59.5 Å². The molecule has 0 spiro atoms. The smallest absolute Gasteiger partial charge is 0.293 e. The topological polar surface area (TPSA) is 86.9 Å². The summed E-state index contributed by atoms with van der Waals surface area (Å²) in [6.07, 6.45) is -0.379. The highest BCUT2D eigenvalue weighted by Gasteiger charge is 2.24. The number of ketones is 1. The molecule has 1 aliphatic heterocycles. The molecule has 1 fully saturated rings. The lowest BCUT2D eigenvalue weighted by molar-refractivity contribution is -0.384. The summed E-state index contributed by atoms with van der Waals surface area (Å²) >= 11 is 0. The molecular weight excluding hydrogens is 286 g/mol.